The summed E-state index contributed by atoms with van der Waals surface area (Å²) in [6.07, 6.45) is 7.50. The maximum Gasteiger partial charge on any atom is 0.135 e. The van der Waals surface area contributed by atoms with Crippen LogP contribution in [0.5, 0.6) is 0 Å². The van der Waals surface area contributed by atoms with E-state index in [4.69, 9.17) is 4.42 Å². The number of aromatic nitrogens is 2. The largest absolute Gasteiger partial charge is 0.456 e. The van der Waals surface area contributed by atoms with Crippen LogP contribution in [-0.4, -0.2) is 9.97 Å². The first-order chi connectivity index (χ1) is 22.8. The summed E-state index contributed by atoms with van der Waals surface area (Å²) in [6, 6.07) is 43.8. The Morgan fingerprint density at radius 1 is 0.435 bits per heavy atom. The summed E-state index contributed by atoms with van der Waals surface area (Å²) in [5.41, 5.74) is 16.5. The maximum atomic E-state index is 6.10. The van der Waals surface area contributed by atoms with Crippen LogP contribution < -0.4 is 0 Å². The molecule has 0 radical (unpaired) electrons. The molecule has 5 aromatic carbocycles. The SMILES string of the molecule is c1cncc(-c2cc(-c3cccnc3)cc(-c3ccc4c(c3)CSCc3ccc(-c5ccc6oc7ccccc7c6c5)cc3-4)c2)c1. The lowest BCUT2D eigenvalue weighted by atomic mass is 9.89. The molecule has 4 heteroatoms. The van der Waals surface area contributed by atoms with E-state index < -0.39 is 0 Å². The summed E-state index contributed by atoms with van der Waals surface area (Å²) in [5, 5.41) is 2.31. The van der Waals surface area contributed by atoms with E-state index >= 15 is 0 Å². The first-order valence-corrected chi connectivity index (χ1v) is 16.6. The summed E-state index contributed by atoms with van der Waals surface area (Å²) in [6.45, 7) is 0. The highest BCUT2D eigenvalue weighted by Crippen LogP contribution is 2.42. The standard InChI is InChI=1S/C42H28N2OS/c1-2-8-41-38(7-1)40-22-29(12-14-42(40)45-41)28-9-10-32-25-46-26-36-17-27(11-13-37(36)39(32)21-28)33-18-34(30-5-3-15-43-23-30)20-35(19-33)31-6-4-16-44-24-31/h1-24H,25-26H2. The number of thioether (sulfide) groups is 1. The van der Waals surface area contributed by atoms with Crippen molar-refractivity contribution in [2.75, 3.05) is 0 Å². The zero-order chi connectivity index (χ0) is 30.5. The van der Waals surface area contributed by atoms with E-state index in [1.165, 1.54) is 44.5 Å². The van der Waals surface area contributed by atoms with Gasteiger partial charge in [0.15, 0.2) is 0 Å². The maximum absolute atomic E-state index is 6.10. The molecule has 0 saturated carbocycles. The highest BCUT2D eigenvalue weighted by molar-refractivity contribution is 7.97. The number of fused-ring (bicyclic) bond motifs is 6. The third-order valence-electron chi connectivity index (χ3n) is 8.99. The van der Waals surface area contributed by atoms with Crippen molar-refractivity contribution in [3.8, 4) is 55.6 Å². The molecule has 0 aliphatic carbocycles. The molecule has 8 aromatic rings. The fourth-order valence-electron chi connectivity index (χ4n) is 6.66. The molecule has 1 aliphatic rings. The van der Waals surface area contributed by atoms with E-state index in [1.807, 2.05) is 60.8 Å². The van der Waals surface area contributed by atoms with E-state index in [9.17, 15) is 0 Å². The minimum absolute atomic E-state index is 0.924. The van der Waals surface area contributed by atoms with Crippen molar-refractivity contribution in [2.45, 2.75) is 11.5 Å². The second-order valence-electron chi connectivity index (χ2n) is 11.8. The smallest absolute Gasteiger partial charge is 0.135 e. The predicted octanol–water partition coefficient (Wildman–Crippen LogP) is 11.5. The van der Waals surface area contributed by atoms with Crippen LogP contribution in [0.1, 0.15) is 11.1 Å². The predicted molar refractivity (Wildman–Crippen MR) is 191 cm³/mol. The van der Waals surface area contributed by atoms with Gasteiger partial charge in [0, 0.05) is 58.2 Å². The van der Waals surface area contributed by atoms with E-state index in [2.05, 4.69) is 107 Å². The molecular weight excluding hydrogens is 581 g/mol. The lowest BCUT2D eigenvalue weighted by Crippen LogP contribution is -1.92. The van der Waals surface area contributed by atoms with Crippen molar-refractivity contribution in [1.29, 1.82) is 0 Å². The zero-order valence-corrected chi connectivity index (χ0v) is 25.8. The molecule has 0 atom stereocenters. The molecule has 46 heavy (non-hydrogen) atoms. The molecule has 0 unspecified atom stereocenters. The second-order valence-corrected chi connectivity index (χ2v) is 12.8. The molecular formula is C42H28N2OS. The quantitative estimate of drug-likeness (QED) is 0.199. The Labute approximate surface area is 271 Å². The van der Waals surface area contributed by atoms with Gasteiger partial charge in [-0.2, -0.15) is 11.8 Å². The molecule has 0 N–H and O–H groups in total. The van der Waals surface area contributed by atoms with Gasteiger partial charge in [0.2, 0.25) is 0 Å². The van der Waals surface area contributed by atoms with E-state index in [0.717, 1.165) is 55.7 Å². The number of nitrogens with zero attached hydrogens (tertiary/aromatic N) is 2. The third-order valence-corrected chi connectivity index (χ3v) is 10.0. The molecule has 0 fully saturated rings. The minimum atomic E-state index is 0.924. The topological polar surface area (TPSA) is 38.9 Å². The molecule has 0 spiro atoms. The van der Waals surface area contributed by atoms with Gasteiger partial charge >= 0.3 is 0 Å². The van der Waals surface area contributed by atoms with Gasteiger partial charge in [0.25, 0.3) is 0 Å². The lowest BCUT2D eigenvalue weighted by molar-refractivity contribution is 0.669. The van der Waals surface area contributed by atoms with Gasteiger partial charge in [-0.1, -0.05) is 60.7 Å². The van der Waals surface area contributed by atoms with Crippen LogP contribution in [-0.2, 0) is 11.5 Å². The molecule has 0 saturated heterocycles. The lowest BCUT2D eigenvalue weighted by Gasteiger charge is -2.15. The van der Waals surface area contributed by atoms with Gasteiger partial charge < -0.3 is 4.42 Å². The first kappa shape index (κ1) is 26.9. The summed E-state index contributed by atoms with van der Waals surface area (Å²) < 4.78 is 6.10. The number of benzene rings is 5. The molecule has 0 amide bonds. The molecule has 4 heterocycles. The number of hydrogen-bond acceptors (Lipinski definition) is 4. The van der Waals surface area contributed by atoms with E-state index in [1.54, 1.807) is 0 Å². The van der Waals surface area contributed by atoms with Gasteiger partial charge in [-0.15, -0.1) is 0 Å². The minimum Gasteiger partial charge on any atom is -0.456 e. The van der Waals surface area contributed by atoms with Gasteiger partial charge in [0.1, 0.15) is 11.2 Å². The fourth-order valence-corrected chi connectivity index (χ4v) is 7.69. The van der Waals surface area contributed by atoms with Crippen molar-refractivity contribution < 1.29 is 4.42 Å². The highest BCUT2D eigenvalue weighted by Gasteiger charge is 2.18. The van der Waals surface area contributed by atoms with Gasteiger partial charge in [-0.25, -0.2) is 0 Å². The van der Waals surface area contributed by atoms with Crippen molar-refractivity contribution in [3.63, 3.8) is 0 Å². The fraction of sp³-hybridized carbons (Fsp3) is 0.0476. The van der Waals surface area contributed by atoms with Gasteiger partial charge in [0.05, 0.1) is 0 Å². The second kappa shape index (κ2) is 11.2. The number of para-hydroxylation sites is 1. The Morgan fingerprint density at radius 2 is 1.07 bits per heavy atom. The van der Waals surface area contributed by atoms with Gasteiger partial charge in [-0.3, -0.25) is 9.97 Å². The summed E-state index contributed by atoms with van der Waals surface area (Å²) in [7, 11) is 0. The van der Waals surface area contributed by atoms with Crippen LogP contribution in [0, 0.1) is 0 Å². The number of pyridine rings is 2. The van der Waals surface area contributed by atoms with Crippen molar-refractivity contribution in [2.24, 2.45) is 0 Å². The van der Waals surface area contributed by atoms with Crippen LogP contribution >= 0.6 is 11.8 Å². The van der Waals surface area contributed by atoms with Crippen LogP contribution in [0.2, 0.25) is 0 Å². The third kappa shape index (κ3) is 4.79. The zero-order valence-electron chi connectivity index (χ0n) is 25.0. The summed E-state index contributed by atoms with van der Waals surface area (Å²) in [5.74, 6) is 1.96. The Hall–Kier alpha value is -5.45. The molecule has 0 bridgehead atoms. The first-order valence-electron chi connectivity index (χ1n) is 15.5. The molecule has 9 rings (SSSR count). The van der Waals surface area contributed by atoms with Crippen LogP contribution in [0.4, 0.5) is 0 Å². The summed E-state index contributed by atoms with van der Waals surface area (Å²) in [4.78, 5) is 8.78. The van der Waals surface area contributed by atoms with E-state index in [-0.39, 0.29) is 0 Å². The van der Waals surface area contributed by atoms with E-state index in [0.29, 0.717) is 0 Å². The normalized spacial score (nSPS) is 12.5. The Kier molecular flexibility index (Phi) is 6.53. The van der Waals surface area contributed by atoms with Crippen molar-refractivity contribution in [3.05, 3.63) is 157 Å². The van der Waals surface area contributed by atoms with Crippen LogP contribution in [0.3, 0.4) is 0 Å². The Morgan fingerprint density at radius 3 is 1.83 bits per heavy atom. The van der Waals surface area contributed by atoms with Crippen LogP contribution in [0.25, 0.3) is 77.6 Å². The molecule has 218 valence electrons. The van der Waals surface area contributed by atoms with Gasteiger partial charge in [-0.05, 0) is 116 Å². The van der Waals surface area contributed by atoms with Crippen molar-refractivity contribution >= 4 is 33.7 Å². The molecule has 3 aromatic heterocycles. The monoisotopic (exact) mass is 608 g/mol. The average Bonchev–Trinajstić information content (AvgIpc) is 3.40. The molecule has 3 nitrogen and oxygen atoms in total. The molecule has 1 aliphatic heterocycles. The number of rotatable bonds is 4. The Bertz CT molecular complexity index is 2340. The average molecular weight is 609 g/mol. The Balaban J connectivity index is 1.14. The number of hydrogen-bond donors (Lipinski definition) is 0. The number of furan rings is 1. The van der Waals surface area contributed by atoms with Crippen molar-refractivity contribution in [1.82, 2.24) is 9.97 Å². The van der Waals surface area contributed by atoms with Crippen LogP contribution in [0.15, 0.2) is 151 Å². The summed E-state index contributed by atoms with van der Waals surface area (Å²) >= 11 is 1.98. The highest BCUT2D eigenvalue weighted by atomic mass is 32.2.